The minimum Gasteiger partial charge on any atom is -0.368 e. The molecule has 0 bridgehead atoms. The zero-order valence-corrected chi connectivity index (χ0v) is 12.9. The predicted molar refractivity (Wildman–Crippen MR) is 80.8 cm³/mol. The van der Waals surface area contributed by atoms with E-state index in [1.807, 2.05) is 12.1 Å². The third kappa shape index (κ3) is 5.89. The highest BCUT2D eigenvalue weighted by molar-refractivity contribution is 9.10. The number of nitrogens with two attached hydrogens (primary N) is 1. The van der Waals surface area contributed by atoms with Crippen LogP contribution >= 0.6 is 27.7 Å². The van der Waals surface area contributed by atoms with E-state index >= 15 is 0 Å². The zero-order chi connectivity index (χ0) is 13.4. The zero-order valence-electron chi connectivity index (χ0n) is 10.5. The minimum absolute atomic E-state index is 0.218. The topological polar surface area (TPSA) is 55.1 Å². The number of hydrogen-bond acceptors (Lipinski definition) is 3. The maximum atomic E-state index is 11.2. The predicted octanol–water partition coefficient (Wildman–Crippen LogP) is 2.78. The molecular weight excluding hydrogens is 312 g/mol. The van der Waals surface area contributed by atoms with Crippen molar-refractivity contribution in [3.8, 4) is 0 Å². The number of amides is 1. The van der Waals surface area contributed by atoms with Gasteiger partial charge in [-0.1, -0.05) is 28.9 Å². The van der Waals surface area contributed by atoms with Crippen LogP contribution in [-0.2, 0) is 4.79 Å². The molecule has 0 aromatic heterocycles. The van der Waals surface area contributed by atoms with Gasteiger partial charge in [0.2, 0.25) is 5.91 Å². The van der Waals surface area contributed by atoms with Crippen molar-refractivity contribution in [1.29, 1.82) is 0 Å². The Morgan fingerprint density at radius 2 is 2.33 bits per heavy atom. The van der Waals surface area contributed by atoms with Crippen LogP contribution in [0.15, 0.2) is 33.6 Å². The Kier molecular flexibility index (Phi) is 7.39. The van der Waals surface area contributed by atoms with Crippen LogP contribution in [0.2, 0.25) is 0 Å². The highest BCUT2D eigenvalue weighted by atomic mass is 79.9. The molecule has 0 saturated heterocycles. The summed E-state index contributed by atoms with van der Waals surface area (Å²) in [6.07, 6.45) is 1.76. The molecule has 0 spiro atoms. The van der Waals surface area contributed by atoms with Crippen molar-refractivity contribution in [3.05, 3.63) is 28.7 Å². The molecule has 1 unspecified atom stereocenters. The van der Waals surface area contributed by atoms with Gasteiger partial charge in [-0.05, 0) is 43.3 Å². The largest absolute Gasteiger partial charge is 0.368 e. The lowest BCUT2D eigenvalue weighted by atomic mass is 10.2. The summed E-state index contributed by atoms with van der Waals surface area (Å²) in [5, 5.41) is 3.17. The Morgan fingerprint density at radius 3 is 2.94 bits per heavy atom. The first-order valence-electron chi connectivity index (χ1n) is 6.04. The van der Waals surface area contributed by atoms with Crippen molar-refractivity contribution in [2.24, 2.45) is 5.73 Å². The molecule has 0 fully saturated rings. The van der Waals surface area contributed by atoms with Crippen LogP contribution in [0.1, 0.15) is 19.8 Å². The lowest BCUT2D eigenvalue weighted by molar-refractivity contribution is -0.120. The van der Waals surface area contributed by atoms with Gasteiger partial charge in [-0.15, -0.1) is 11.8 Å². The molecule has 0 radical (unpaired) electrons. The molecule has 0 saturated carbocycles. The second-order valence-electron chi connectivity index (χ2n) is 4.00. The SMILES string of the molecule is CCCNC(CCSc1cccc(Br)c1)C(N)=O. The number of rotatable bonds is 8. The fourth-order valence-electron chi connectivity index (χ4n) is 1.51. The average Bonchev–Trinajstić information content (AvgIpc) is 2.33. The first-order chi connectivity index (χ1) is 8.63. The molecule has 1 rings (SSSR count). The highest BCUT2D eigenvalue weighted by Gasteiger charge is 2.13. The Morgan fingerprint density at radius 1 is 1.56 bits per heavy atom. The van der Waals surface area contributed by atoms with Crippen molar-refractivity contribution in [1.82, 2.24) is 5.32 Å². The van der Waals surface area contributed by atoms with E-state index in [4.69, 9.17) is 5.73 Å². The van der Waals surface area contributed by atoms with Gasteiger partial charge in [0.1, 0.15) is 0 Å². The van der Waals surface area contributed by atoms with Gasteiger partial charge in [0.15, 0.2) is 0 Å². The molecule has 3 nitrogen and oxygen atoms in total. The van der Waals surface area contributed by atoms with E-state index in [-0.39, 0.29) is 11.9 Å². The number of primary amides is 1. The van der Waals surface area contributed by atoms with Gasteiger partial charge in [-0.3, -0.25) is 4.79 Å². The van der Waals surface area contributed by atoms with Gasteiger partial charge in [-0.25, -0.2) is 0 Å². The second-order valence-corrected chi connectivity index (χ2v) is 6.09. The van der Waals surface area contributed by atoms with Crippen LogP contribution in [-0.4, -0.2) is 24.2 Å². The van der Waals surface area contributed by atoms with E-state index in [0.717, 1.165) is 29.6 Å². The standard InChI is InChI=1S/C13H19BrN2OS/c1-2-7-16-12(13(15)17)6-8-18-11-5-3-4-10(14)9-11/h3-5,9,12,16H,2,6-8H2,1H3,(H2,15,17). The Balaban J connectivity index is 2.36. The number of carbonyl (C=O) groups excluding carboxylic acids is 1. The molecule has 1 amide bonds. The average molecular weight is 331 g/mol. The minimum atomic E-state index is -0.265. The number of carbonyl (C=O) groups is 1. The summed E-state index contributed by atoms with van der Waals surface area (Å²) in [5.74, 6) is 0.610. The van der Waals surface area contributed by atoms with E-state index in [2.05, 4.69) is 40.3 Å². The van der Waals surface area contributed by atoms with Crippen molar-refractivity contribution in [3.63, 3.8) is 0 Å². The number of halogens is 1. The molecule has 0 aliphatic heterocycles. The summed E-state index contributed by atoms with van der Waals surface area (Å²) in [7, 11) is 0. The lowest BCUT2D eigenvalue weighted by Gasteiger charge is -2.14. The first kappa shape index (κ1) is 15.5. The third-order valence-corrected chi connectivity index (χ3v) is 3.98. The van der Waals surface area contributed by atoms with Gasteiger partial charge in [0, 0.05) is 9.37 Å². The van der Waals surface area contributed by atoms with Crippen LogP contribution in [0.5, 0.6) is 0 Å². The molecule has 100 valence electrons. The summed E-state index contributed by atoms with van der Waals surface area (Å²) in [6, 6.07) is 7.92. The van der Waals surface area contributed by atoms with Gasteiger partial charge >= 0.3 is 0 Å². The third-order valence-electron chi connectivity index (χ3n) is 2.46. The number of nitrogens with one attached hydrogen (secondary N) is 1. The molecule has 5 heteroatoms. The summed E-state index contributed by atoms with van der Waals surface area (Å²) in [4.78, 5) is 12.4. The number of thioether (sulfide) groups is 1. The van der Waals surface area contributed by atoms with Crippen LogP contribution in [0.4, 0.5) is 0 Å². The normalized spacial score (nSPS) is 12.3. The lowest BCUT2D eigenvalue weighted by Crippen LogP contribution is -2.41. The van der Waals surface area contributed by atoms with E-state index in [9.17, 15) is 4.79 Å². The van der Waals surface area contributed by atoms with E-state index < -0.39 is 0 Å². The molecule has 0 aliphatic rings. The van der Waals surface area contributed by atoms with Crippen LogP contribution in [0.3, 0.4) is 0 Å². The van der Waals surface area contributed by atoms with Crippen molar-refractivity contribution in [2.45, 2.75) is 30.7 Å². The fourth-order valence-corrected chi connectivity index (χ4v) is 3.04. The molecule has 3 N–H and O–H groups in total. The van der Waals surface area contributed by atoms with Crippen LogP contribution < -0.4 is 11.1 Å². The quantitative estimate of drug-likeness (QED) is 0.720. The van der Waals surface area contributed by atoms with Gasteiger partial charge in [-0.2, -0.15) is 0 Å². The summed E-state index contributed by atoms with van der Waals surface area (Å²) in [6.45, 7) is 2.90. The summed E-state index contributed by atoms with van der Waals surface area (Å²) >= 11 is 5.18. The number of hydrogen-bond donors (Lipinski definition) is 2. The monoisotopic (exact) mass is 330 g/mol. The van der Waals surface area contributed by atoms with Crippen LogP contribution in [0.25, 0.3) is 0 Å². The Bertz CT molecular complexity index is 387. The Hall–Kier alpha value is -0.520. The van der Waals surface area contributed by atoms with Gasteiger partial charge < -0.3 is 11.1 Å². The van der Waals surface area contributed by atoms with E-state index in [1.165, 1.54) is 4.90 Å². The Labute approximate surface area is 121 Å². The van der Waals surface area contributed by atoms with Crippen molar-refractivity contribution >= 4 is 33.6 Å². The second kappa shape index (κ2) is 8.56. The van der Waals surface area contributed by atoms with Gasteiger partial charge in [0.05, 0.1) is 6.04 Å². The van der Waals surface area contributed by atoms with Crippen molar-refractivity contribution < 1.29 is 4.79 Å². The maximum absolute atomic E-state index is 11.2. The molecular formula is C13H19BrN2OS. The van der Waals surface area contributed by atoms with Crippen LogP contribution in [0, 0.1) is 0 Å². The fraction of sp³-hybridized carbons (Fsp3) is 0.462. The molecule has 0 aliphatic carbocycles. The highest BCUT2D eigenvalue weighted by Crippen LogP contribution is 2.22. The van der Waals surface area contributed by atoms with E-state index in [0.29, 0.717) is 0 Å². The molecule has 18 heavy (non-hydrogen) atoms. The molecule has 1 atom stereocenters. The number of benzene rings is 1. The molecule has 1 aromatic carbocycles. The summed E-state index contributed by atoms with van der Waals surface area (Å²) < 4.78 is 1.07. The smallest absolute Gasteiger partial charge is 0.234 e. The first-order valence-corrected chi connectivity index (χ1v) is 7.82. The van der Waals surface area contributed by atoms with E-state index in [1.54, 1.807) is 11.8 Å². The van der Waals surface area contributed by atoms with Gasteiger partial charge in [0.25, 0.3) is 0 Å². The van der Waals surface area contributed by atoms with Crippen molar-refractivity contribution in [2.75, 3.05) is 12.3 Å². The summed E-state index contributed by atoms with van der Waals surface area (Å²) in [5.41, 5.74) is 5.36. The maximum Gasteiger partial charge on any atom is 0.234 e. The molecule has 0 heterocycles. The molecule has 1 aromatic rings.